The summed E-state index contributed by atoms with van der Waals surface area (Å²) in [4.78, 5) is 2.01. The summed E-state index contributed by atoms with van der Waals surface area (Å²) in [5.41, 5.74) is 5.77. The van der Waals surface area contributed by atoms with Gasteiger partial charge in [0, 0.05) is 30.3 Å². The van der Waals surface area contributed by atoms with Crippen molar-refractivity contribution in [1.29, 1.82) is 0 Å². The molecule has 19 heavy (non-hydrogen) atoms. The molecule has 0 atom stereocenters. The van der Waals surface area contributed by atoms with Crippen LogP contribution < -0.4 is 10.6 Å². The molecule has 0 saturated carbocycles. The number of hydrogen-bond donors (Lipinski definition) is 1. The van der Waals surface area contributed by atoms with Crippen molar-refractivity contribution in [3.8, 4) is 0 Å². The minimum atomic E-state index is -4.31. The van der Waals surface area contributed by atoms with E-state index in [-0.39, 0.29) is 18.5 Å². The van der Waals surface area contributed by atoms with E-state index < -0.39 is 11.7 Å². The van der Waals surface area contributed by atoms with Crippen molar-refractivity contribution in [2.45, 2.75) is 12.6 Å². The van der Waals surface area contributed by atoms with Crippen LogP contribution in [0.3, 0.4) is 0 Å². The first-order valence-electron chi connectivity index (χ1n) is 6.25. The third-order valence-corrected chi connectivity index (χ3v) is 4.13. The molecule has 0 bridgehead atoms. The van der Waals surface area contributed by atoms with Crippen molar-refractivity contribution in [2.75, 3.05) is 36.0 Å². The van der Waals surface area contributed by atoms with Crippen LogP contribution >= 0.6 is 11.8 Å². The van der Waals surface area contributed by atoms with Gasteiger partial charge >= 0.3 is 6.18 Å². The molecule has 0 unspecified atom stereocenters. The van der Waals surface area contributed by atoms with Crippen LogP contribution in [0.2, 0.25) is 0 Å². The zero-order valence-corrected chi connectivity index (χ0v) is 11.4. The average Bonchev–Trinajstić information content (AvgIpc) is 2.39. The highest BCUT2D eigenvalue weighted by atomic mass is 32.2. The van der Waals surface area contributed by atoms with E-state index in [9.17, 15) is 13.2 Å². The molecule has 2 rings (SSSR count). The van der Waals surface area contributed by atoms with E-state index in [0.717, 1.165) is 24.6 Å². The number of nitrogens with zero attached hydrogens (tertiary/aromatic N) is 1. The largest absolute Gasteiger partial charge is 0.416 e. The van der Waals surface area contributed by atoms with Gasteiger partial charge in [0.15, 0.2) is 0 Å². The first kappa shape index (κ1) is 14.5. The van der Waals surface area contributed by atoms with E-state index in [1.807, 2.05) is 16.7 Å². The third-order valence-electron chi connectivity index (χ3n) is 3.19. The van der Waals surface area contributed by atoms with E-state index in [2.05, 4.69) is 0 Å². The first-order valence-corrected chi connectivity index (χ1v) is 7.40. The Morgan fingerprint density at radius 1 is 1.21 bits per heavy atom. The maximum atomic E-state index is 13.1. The molecule has 1 heterocycles. The number of halogens is 3. The molecule has 0 amide bonds. The van der Waals surface area contributed by atoms with Gasteiger partial charge in [0.05, 0.1) is 5.56 Å². The summed E-state index contributed by atoms with van der Waals surface area (Å²) in [6.07, 6.45) is -4.06. The average molecular weight is 290 g/mol. The summed E-state index contributed by atoms with van der Waals surface area (Å²) < 4.78 is 39.2. The molecule has 2 N–H and O–H groups in total. The number of nitrogens with two attached hydrogens (primary N) is 1. The summed E-state index contributed by atoms with van der Waals surface area (Å²) in [5.74, 6) is 1.93. The normalized spacial score (nSPS) is 16.7. The van der Waals surface area contributed by atoms with Gasteiger partial charge in [0.1, 0.15) is 0 Å². The molecule has 1 saturated heterocycles. The number of alkyl halides is 3. The van der Waals surface area contributed by atoms with Gasteiger partial charge in [-0.15, -0.1) is 0 Å². The standard InChI is InChI=1S/C13H17F3N2S/c14-13(15,16)12-9-11(2-1-10(12)3-4-17)18-5-7-19-8-6-18/h1-2,9H,3-8,17H2. The van der Waals surface area contributed by atoms with Crippen molar-refractivity contribution in [3.05, 3.63) is 29.3 Å². The Kier molecular flexibility index (Phi) is 4.62. The molecule has 2 nitrogen and oxygen atoms in total. The van der Waals surface area contributed by atoms with Gasteiger partial charge in [-0.3, -0.25) is 0 Å². The molecule has 0 spiro atoms. The Hall–Kier alpha value is -0.880. The number of rotatable bonds is 3. The highest BCUT2D eigenvalue weighted by Gasteiger charge is 2.33. The van der Waals surface area contributed by atoms with Crippen LogP contribution in [0.25, 0.3) is 0 Å². The number of benzene rings is 1. The lowest BCUT2D eigenvalue weighted by Gasteiger charge is -2.29. The smallest absolute Gasteiger partial charge is 0.370 e. The Morgan fingerprint density at radius 3 is 2.47 bits per heavy atom. The van der Waals surface area contributed by atoms with E-state index in [1.165, 1.54) is 6.07 Å². The summed E-state index contributed by atoms with van der Waals surface area (Å²) in [6.45, 7) is 1.83. The molecule has 106 valence electrons. The van der Waals surface area contributed by atoms with Gasteiger partial charge in [-0.25, -0.2) is 0 Å². The minimum Gasteiger partial charge on any atom is -0.370 e. The molecule has 0 aromatic heterocycles. The second-order valence-electron chi connectivity index (χ2n) is 4.48. The fraction of sp³-hybridized carbons (Fsp3) is 0.538. The Labute approximate surface area is 115 Å². The lowest BCUT2D eigenvalue weighted by atomic mass is 10.0. The molecule has 1 aromatic carbocycles. The second-order valence-corrected chi connectivity index (χ2v) is 5.70. The topological polar surface area (TPSA) is 29.3 Å². The van der Waals surface area contributed by atoms with Crippen LogP contribution in [0.15, 0.2) is 18.2 Å². The minimum absolute atomic E-state index is 0.225. The Balaban J connectivity index is 2.31. The van der Waals surface area contributed by atoms with Gasteiger partial charge in [-0.2, -0.15) is 24.9 Å². The predicted octanol–water partition coefficient (Wildman–Crippen LogP) is 2.76. The number of hydrogen-bond acceptors (Lipinski definition) is 3. The molecule has 6 heteroatoms. The molecule has 1 aliphatic heterocycles. The van der Waals surface area contributed by atoms with Crippen molar-refractivity contribution in [2.24, 2.45) is 5.73 Å². The second kappa shape index (κ2) is 6.05. The zero-order valence-electron chi connectivity index (χ0n) is 10.5. The maximum Gasteiger partial charge on any atom is 0.416 e. The monoisotopic (exact) mass is 290 g/mol. The lowest BCUT2D eigenvalue weighted by molar-refractivity contribution is -0.138. The van der Waals surface area contributed by atoms with Gasteiger partial charge in [0.25, 0.3) is 0 Å². The van der Waals surface area contributed by atoms with Crippen molar-refractivity contribution >= 4 is 17.4 Å². The fourth-order valence-electron chi connectivity index (χ4n) is 2.22. The molecule has 0 aliphatic carbocycles. The van der Waals surface area contributed by atoms with Gasteiger partial charge in [0.2, 0.25) is 0 Å². The first-order chi connectivity index (χ1) is 9.02. The highest BCUT2D eigenvalue weighted by molar-refractivity contribution is 7.99. The van der Waals surface area contributed by atoms with Crippen LogP contribution in [-0.2, 0) is 12.6 Å². The molecule has 0 radical (unpaired) electrons. The van der Waals surface area contributed by atoms with Crippen molar-refractivity contribution < 1.29 is 13.2 Å². The highest BCUT2D eigenvalue weighted by Crippen LogP contribution is 2.35. The van der Waals surface area contributed by atoms with Crippen LogP contribution in [-0.4, -0.2) is 31.1 Å². The quantitative estimate of drug-likeness (QED) is 0.928. The number of anilines is 1. The maximum absolute atomic E-state index is 13.1. The predicted molar refractivity (Wildman–Crippen MR) is 73.7 cm³/mol. The fourth-order valence-corrected chi connectivity index (χ4v) is 3.12. The summed E-state index contributed by atoms with van der Waals surface area (Å²) in [5, 5.41) is 0. The molecular weight excluding hydrogens is 273 g/mol. The SMILES string of the molecule is NCCc1ccc(N2CCSCC2)cc1C(F)(F)F. The van der Waals surface area contributed by atoms with Gasteiger partial charge < -0.3 is 10.6 Å². The van der Waals surface area contributed by atoms with Gasteiger partial charge in [-0.05, 0) is 30.7 Å². The molecular formula is C13H17F3N2S. The van der Waals surface area contributed by atoms with E-state index in [1.54, 1.807) is 12.1 Å². The van der Waals surface area contributed by atoms with E-state index >= 15 is 0 Å². The summed E-state index contributed by atoms with van der Waals surface area (Å²) in [7, 11) is 0. The van der Waals surface area contributed by atoms with E-state index in [0.29, 0.717) is 5.69 Å². The van der Waals surface area contributed by atoms with Crippen LogP contribution in [0.4, 0.5) is 18.9 Å². The van der Waals surface area contributed by atoms with Gasteiger partial charge in [-0.1, -0.05) is 6.07 Å². The zero-order chi connectivity index (χ0) is 13.9. The lowest BCUT2D eigenvalue weighted by Crippen LogP contribution is -2.32. The molecule has 1 aliphatic rings. The number of thioether (sulfide) groups is 1. The van der Waals surface area contributed by atoms with Crippen molar-refractivity contribution in [1.82, 2.24) is 0 Å². The van der Waals surface area contributed by atoms with Crippen LogP contribution in [0.5, 0.6) is 0 Å². The van der Waals surface area contributed by atoms with Crippen LogP contribution in [0, 0.1) is 0 Å². The molecule has 1 fully saturated rings. The Bertz CT molecular complexity index is 428. The van der Waals surface area contributed by atoms with Crippen LogP contribution in [0.1, 0.15) is 11.1 Å². The summed E-state index contributed by atoms with van der Waals surface area (Å²) >= 11 is 1.83. The van der Waals surface area contributed by atoms with E-state index in [4.69, 9.17) is 5.73 Å². The summed E-state index contributed by atoms with van der Waals surface area (Å²) in [6, 6.07) is 4.60. The van der Waals surface area contributed by atoms with Crippen molar-refractivity contribution in [3.63, 3.8) is 0 Å². The molecule has 1 aromatic rings. The Morgan fingerprint density at radius 2 is 1.89 bits per heavy atom. The third kappa shape index (κ3) is 3.57.